The lowest BCUT2D eigenvalue weighted by molar-refractivity contribution is 0.468. The van der Waals surface area contributed by atoms with Crippen LogP contribution in [0.25, 0.3) is 10.9 Å². The number of hydrogen-bond donors (Lipinski definition) is 2. The number of rotatable bonds is 0. The molecule has 0 radical (unpaired) electrons. The van der Waals surface area contributed by atoms with Crippen LogP contribution in [0.1, 0.15) is 0 Å². The van der Waals surface area contributed by atoms with Crippen molar-refractivity contribution in [3.63, 3.8) is 0 Å². The monoisotopic (exact) mass is 325 g/mol. The van der Waals surface area contributed by atoms with Crippen molar-refractivity contribution >= 4 is 57.3 Å². The van der Waals surface area contributed by atoms with Crippen molar-refractivity contribution in [2.24, 2.45) is 0 Å². The molecule has 0 fully saturated rings. The van der Waals surface area contributed by atoms with Crippen LogP contribution in [0.15, 0.2) is 15.7 Å². The lowest BCUT2D eigenvalue weighted by atomic mass is 10.2. The van der Waals surface area contributed by atoms with E-state index < -0.39 is 16.7 Å². The van der Waals surface area contributed by atoms with E-state index in [1.165, 1.54) is 0 Å². The maximum atomic E-state index is 11.8. The number of halogens is 4. The quantitative estimate of drug-likeness (QED) is 0.577. The van der Waals surface area contributed by atoms with E-state index in [1.54, 1.807) is 0 Å². The predicted molar refractivity (Wildman–Crippen MR) is 72.5 cm³/mol. The van der Waals surface area contributed by atoms with Crippen LogP contribution in [0.5, 0.6) is 5.75 Å². The average Bonchev–Trinajstić information content (AvgIpc) is 2.42. The summed E-state index contributed by atoms with van der Waals surface area (Å²) in [7, 11) is 0. The Hall–Kier alpha value is -0.940. The molecule has 1 heterocycles. The molecule has 1 aromatic carbocycles. The number of nitrogens with one attached hydrogen (secondary N) is 1. The molecule has 18 heavy (non-hydrogen) atoms. The summed E-state index contributed by atoms with van der Waals surface area (Å²) < 4.78 is 0. The van der Waals surface area contributed by atoms with E-state index >= 15 is 0 Å². The Balaban J connectivity index is 3.28. The third kappa shape index (κ3) is 1.95. The van der Waals surface area contributed by atoms with E-state index in [-0.39, 0.29) is 31.0 Å². The van der Waals surface area contributed by atoms with Crippen LogP contribution >= 0.6 is 46.4 Å². The summed E-state index contributed by atoms with van der Waals surface area (Å²) >= 11 is 23.4. The number of fused-ring (bicyclic) bond motifs is 1. The van der Waals surface area contributed by atoms with Gasteiger partial charge in [0.1, 0.15) is 0 Å². The number of aromatic nitrogens is 1. The van der Waals surface area contributed by atoms with Gasteiger partial charge in [-0.15, -0.1) is 0 Å². The van der Waals surface area contributed by atoms with Crippen LogP contribution in [0.4, 0.5) is 0 Å². The molecule has 4 nitrogen and oxygen atoms in total. The molecular formula is C10H3Cl4NO3. The summed E-state index contributed by atoms with van der Waals surface area (Å²) in [4.78, 5) is 25.5. The average molecular weight is 327 g/mol. The SMILES string of the molecule is O=c1[nH]c2c(Cl)c(Cl)c(Cl)c(Cl)c2c(=O)cc1O. The van der Waals surface area contributed by atoms with E-state index in [1.807, 2.05) is 0 Å². The predicted octanol–water partition coefficient (Wildman–Crippen LogP) is 3.21. The zero-order valence-corrected chi connectivity index (χ0v) is 11.4. The molecule has 94 valence electrons. The van der Waals surface area contributed by atoms with Gasteiger partial charge in [0, 0.05) is 6.07 Å². The number of aromatic amines is 1. The van der Waals surface area contributed by atoms with Crippen molar-refractivity contribution in [3.8, 4) is 5.75 Å². The Morgan fingerprint density at radius 1 is 0.944 bits per heavy atom. The Bertz CT molecular complexity index is 785. The van der Waals surface area contributed by atoms with Gasteiger partial charge in [0.15, 0.2) is 11.2 Å². The molecule has 0 unspecified atom stereocenters. The maximum Gasteiger partial charge on any atom is 0.290 e. The van der Waals surface area contributed by atoms with E-state index in [4.69, 9.17) is 46.4 Å². The highest BCUT2D eigenvalue weighted by atomic mass is 35.5. The van der Waals surface area contributed by atoms with Gasteiger partial charge in [-0.2, -0.15) is 0 Å². The smallest absolute Gasteiger partial charge is 0.290 e. The molecule has 0 aliphatic rings. The molecule has 0 amide bonds. The van der Waals surface area contributed by atoms with Crippen LogP contribution in [0.2, 0.25) is 20.1 Å². The van der Waals surface area contributed by atoms with Crippen LogP contribution in [0.3, 0.4) is 0 Å². The Labute approximate surface area is 120 Å². The molecule has 0 spiro atoms. The molecule has 0 aliphatic carbocycles. The summed E-state index contributed by atoms with van der Waals surface area (Å²) in [6, 6.07) is 0.730. The van der Waals surface area contributed by atoms with Gasteiger partial charge in [-0.3, -0.25) is 9.59 Å². The fourth-order valence-electron chi connectivity index (χ4n) is 1.42. The Kier molecular flexibility index (Phi) is 3.47. The van der Waals surface area contributed by atoms with Crippen molar-refractivity contribution in [1.82, 2.24) is 4.98 Å². The molecule has 2 rings (SSSR count). The second kappa shape index (κ2) is 4.63. The maximum absolute atomic E-state index is 11.8. The third-order valence-corrected chi connectivity index (χ3v) is 4.05. The minimum Gasteiger partial charge on any atom is -0.503 e. The summed E-state index contributed by atoms with van der Waals surface area (Å²) in [6.07, 6.45) is 0. The van der Waals surface area contributed by atoms with E-state index in [0.29, 0.717) is 0 Å². The minimum atomic E-state index is -0.890. The molecule has 0 saturated carbocycles. The van der Waals surface area contributed by atoms with Crippen molar-refractivity contribution < 1.29 is 5.11 Å². The fraction of sp³-hybridized carbons (Fsp3) is 0. The summed E-state index contributed by atoms with van der Waals surface area (Å²) in [5, 5.41) is 8.73. The standard InChI is InChI=1S/C10H3Cl4NO3/c11-5-4-2(16)1-3(17)10(18)15-9(4)8(14)7(13)6(5)12/h1,17H,(H,15,18). The second-order valence-corrected chi connectivity index (χ2v) is 4.87. The van der Waals surface area contributed by atoms with E-state index in [0.717, 1.165) is 6.07 Å². The first kappa shape index (κ1) is 13.5. The second-order valence-electron chi connectivity index (χ2n) is 3.35. The zero-order valence-electron chi connectivity index (χ0n) is 8.35. The van der Waals surface area contributed by atoms with Gasteiger partial charge in [0.2, 0.25) is 0 Å². The number of H-pyrrole nitrogens is 1. The Morgan fingerprint density at radius 3 is 2.11 bits per heavy atom. The van der Waals surface area contributed by atoms with Gasteiger partial charge in [0.25, 0.3) is 5.56 Å². The van der Waals surface area contributed by atoms with Crippen molar-refractivity contribution in [2.75, 3.05) is 0 Å². The molecular weight excluding hydrogens is 324 g/mol. The lowest BCUT2D eigenvalue weighted by Crippen LogP contribution is -2.00. The molecule has 0 aliphatic heterocycles. The molecule has 8 heteroatoms. The van der Waals surface area contributed by atoms with Crippen molar-refractivity contribution in [2.45, 2.75) is 0 Å². The van der Waals surface area contributed by atoms with Crippen LogP contribution in [-0.4, -0.2) is 10.1 Å². The molecule has 2 aromatic rings. The van der Waals surface area contributed by atoms with Crippen molar-refractivity contribution in [3.05, 3.63) is 46.7 Å². The van der Waals surface area contributed by atoms with Gasteiger partial charge in [0.05, 0.1) is 31.0 Å². The van der Waals surface area contributed by atoms with Gasteiger partial charge < -0.3 is 10.1 Å². The number of aromatic hydroxyl groups is 1. The zero-order chi connectivity index (χ0) is 13.6. The summed E-state index contributed by atoms with van der Waals surface area (Å²) in [5.41, 5.74) is -1.67. The minimum absolute atomic E-state index is 0.0774. The summed E-state index contributed by atoms with van der Waals surface area (Å²) in [5.74, 6) is -0.754. The molecule has 2 N–H and O–H groups in total. The molecule has 0 bridgehead atoms. The Morgan fingerprint density at radius 2 is 1.50 bits per heavy atom. The molecule has 1 aromatic heterocycles. The lowest BCUT2D eigenvalue weighted by Gasteiger charge is -2.04. The van der Waals surface area contributed by atoms with Gasteiger partial charge >= 0.3 is 0 Å². The highest BCUT2D eigenvalue weighted by Crippen LogP contribution is 2.40. The third-order valence-electron chi connectivity index (χ3n) is 2.25. The number of benzene rings is 1. The van der Waals surface area contributed by atoms with Gasteiger partial charge in [-0.05, 0) is 0 Å². The first-order valence-corrected chi connectivity index (χ1v) is 5.98. The normalized spacial score (nSPS) is 10.9. The van der Waals surface area contributed by atoms with E-state index in [2.05, 4.69) is 4.98 Å². The first-order chi connectivity index (χ1) is 8.34. The molecule has 0 atom stereocenters. The largest absolute Gasteiger partial charge is 0.503 e. The highest BCUT2D eigenvalue weighted by Gasteiger charge is 2.17. The number of hydrogen-bond acceptors (Lipinski definition) is 3. The highest BCUT2D eigenvalue weighted by molar-refractivity contribution is 6.55. The summed E-state index contributed by atoms with van der Waals surface area (Å²) in [6.45, 7) is 0. The first-order valence-electron chi connectivity index (χ1n) is 4.47. The van der Waals surface area contributed by atoms with Crippen LogP contribution in [0, 0.1) is 0 Å². The van der Waals surface area contributed by atoms with Gasteiger partial charge in [-0.25, -0.2) is 0 Å². The van der Waals surface area contributed by atoms with Gasteiger partial charge in [-0.1, -0.05) is 46.4 Å². The van der Waals surface area contributed by atoms with Crippen LogP contribution < -0.4 is 11.0 Å². The fourth-order valence-corrected chi connectivity index (χ4v) is 2.41. The molecule has 0 saturated heterocycles. The van der Waals surface area contributed by atoms with Crippen LogP contribution in [-0.2, 0) is 0 Å². The van der Waals surface area contributed by atoms with E-state index in [9.17, 15) is 14.7 Å². The topological polar surface area (TPSA) is 70.2 Å². The van der Waals surface area contributed by atoms with Crippen molar-refractivity contribution in [1.29, 1.82) is 0 Å².